The summed E-state index contributed by atoms with van der Waals surface area (Å²) in [7, 11) is 0. The normalized spacial score (nSPS) is 31.5. The Balaban J connectivity index is 2.26. The maximum Gasteiger partial charge on any atom is 0.0900 e. The van der Waals surface area contributed by atoms with Crippen LogP contribution in [-0.4, -0.2) is 11.1 Å². The molecular formula is C13H19NO. The van der Waals surface area contributed by atoms with Gasteiger partial charge in [-0.2, -0.15) is 0 Å². The van der Waals surface area contributed by atoms with Gasteiger partial charge in [-0.1, -0.05) is 24.3 Å². The Morgan fingerprint density at radius 2 is 1.87 bits per heavy atom. The second-order valence-electron chi connectivity index (χ2n) is 4.68. The van der Waals surface area contributed by atoms with Crippen LogP contribution in [0.15, 0.2) is 24.3 Å². The Kier molecular flexibility index (Phi) is 2.81. The van der Waals surface area contributed by atoms with Crippen molar-refractivity contribution in [3.8, 4) is 0 Å². The summed E-state index contributed by atoms with van der Waals surface area (Å²) in [6.45, 7) is 2.06. The molecule has 0 unspecified atom stereocenters. The molecule has 1 saturated carbocycles. The van der Waals surface area contributed by atoms with Gasteiger partial charge in [0.25, 0.3) is 0 Å². The van der Waals surface area contributed by atoms with E-state index >= 15 is 0 Å². The first-order valence-corrected chi connectivity index (χ1v) is 5.66. The average Bonchev–Trinajstić information content (AvgIpc) is 2.23. The minimum Gasteiger partial charge on any atom is -0.385 e. The molecule has 0 aliphatic heterocycles. The highest BCUT2D eigenvalue weighted by Crippen LogP contribution is 2.37. The number of benzene rings is 1. The minimum atomic E-state index is -0.638. The summed E-state index contributed by atoms with van der Waals surface area (Å²) in [4.78, 5) is 0. The number of nitrogens with two attached hydrogens (primary N) is 1. The molecule has 0 bridgehead atoms. The van der Waals surface area contributed by atoms with Crippen molar-refractivity contribution in [1.29, 1.82) is 0 Å². The fourth-order valence-corrected chi connectivity index (χ4v) is 2.48. The zero-order valence-electron chi connectivity index (χ0n) is 9.24. The molecule has 0 aromatic heterocycles. The molecule has 2 nitrogen and oxygen atoms in total. The van der Waals surface area contributed by atoms with E-state index in [-0.39, 0.29) is 6.04 Å². The van der Waals surface area contributed by atoms with Crippen molar-refractivity contribution in [2.24, 2.45) is 5.73 Å². The van der Waals surface area contributed by atoms with E-state index in [9.17, 15) is 5.11 Å². The first kappa shape index (κ1) is 10.7. The summed E-state index contributed by atoms with van der Waals surface area (Å²) >= 11 is 0. The summed E-state index contributed by atoms with van der Waals surface area (Å²) in [5.74, 6) is 0. The molecule has 1 aliphatic rings. The van der Waals surface area contributed by atoms with Crippen LogP contribution >= 0.6 is 0 Å². The van der Waals surface area contributed by atoms with Crippen LogP contribution in [-0.2, 0) is 5.60 Å². The van der Waals surface area contributed by atoms with Gasteiger partial charge >= 0.3 is 0 Å². The van der Waals surface area contributed by atoms with Crippen molar-refractivity contribution >= 4 is 0 Å². The Morgan fingerprint density at radius 1 is 1.27 bits per heavy atom. The molecule has 0 spiro atoms. The van der Waals surface area contributed by atoms with Crippen molar-refractivity contribution in [2.75, 3.05) is 0 Å². The largest absolute Gasteiger partial charge is 0.385 e. The maximum absolute atomic E-state index is 10.6. The van der Waals surface area contributed by atoms with Crippen molar-refractivity contribution < 1.29 is 5.11 Å². The third kappa shape index (κ3) is 2.06. The number of aryl methyl sites for hydroxylation is 1. The summed E-state index contributed by atoms with van der Waals surface area (Å²) in [6, 6.07) is 8.37. The van der Waals surface area contributed by atoms with E-state index in [2.05, 4.69) is 13.0 Å². The number of aliphatic hydroxyl groups is 1. The van der Waals surface area contributed by atoms with E-state index in [0.29, 0.717) is 0 Å². The van der Waals surface area contributed by atoms with E-state index in [4.69, 9.17) is 5.73 Å². The fourth-order valence-electron chi connectivity index (χ4n) is 2.48. The van der Waals surface area contributed by atoms with Crippen molar-refractivity contribution in [3.05, 3.63) is 35.4 Å². The van der Waals surface area contributed by atoms with Gasteiger partial charge in [0, 0.05) is 6.04 Å². The van der Waals surface area contributed by atoms with Crippen LogP contribution in [0.3, 0.4) is 0 Å². The molecule has 15 heavy (non-hydrogen) atoms. The number of hydrogen-bond acceptors (Lipinski definition) is 2. The molecule has 1 aliphatic carbocycles. The molecule has 0 amide bonds. The molecule has 0 radical (unpaired) electrons. The van der Waals surface area contributed by atoms with Crippen LogP contribution in [0.5, 0.6) is 0 Å². The molecule has 1 aromatic rings. The summed E-state index contributed by atoms with van der Waals surface area (Å²) in [5.41, 5.74) is 7.48. The van der Waals surface area contributed by atoms with Crippen LogP contribution < -0.4 is 5.73 Å². The zero-order chi connectivity index (χ0) is 10.9. The molecule has 3 N–H and O–H groups in total. The van der Waals surface area contributed by atoms with E-state index in [0.717, 1.165) is 31.2 Å². The van der Waals surface area contributed by atoms with Crippen molar-refractivity contribution in [3.63, 3.8) is 0 Å². The maximum atomic E-state index is 10.6. The predicted octanol–water partition coefficient (Wildman–Crippen LogP) is 2.08. The van der Waals surface area contributed by atoms with Crippen molar-refractivity contribution in [1.82, 2.24) is 0 Å². The van der Waals surface area contributed by atoms with Crippen LogP contribution in [0.4, 0.5) is 0 Å². The Bertz CT molecular complexity index is 340. The van der Waals surface area contributed by atoms with Gasteiger partial charge in [-0.15, -0.1) is 0 Å². The van der Waals surface area contributed by atoms with Gasteiger partial charge in [0.2, 0.25) is 0 Å². The highest BCUT2D eigenvalue weighted by Gasteiger charge is 2.34. The van der Waals surface area contributed by atoms with Gasteiger partial charge < -0.3 is 10.8 Å². The Labute approximate surface area is 91.1 Å². The third-order valence-electron chi connectivity index (χ3n) is 3.50. The first-order chi connectivity index (χ1) is 7.12. The fraction of sp³-hybridized carbons (Fsp3) is 0.538. The van der Waals surface area contributed by atoms with Gasteiger partial charge in [-0.25, -0.2) is 0 Å². The quantitative estimate of drug-likeness (QED) is 0.737. The molecule has 0 atom stereocenters. The minimum absolute atomic E-state index is 0.272. The molecule has 1 fully saturated rings. The van der Waals surface area contributed by atoms with Gasteiger partial charge in [-0.05, 0) is 43.7 Å². The molecule has 82 valence electrons. The lowest BCUT2D eigenvalue weighted by Crippen LogP contribution is -2.37. The molecule has 0 heterocycles. The molecule has 0 saturated heterocycles. The molecule has 2 rings (SSSR count). The van der Waals surface area contributed by atoms with Gasteiger partial charge in [0.05, 0.1) is 5.60 Å². The van der Waals surface area contributed by atoms with Crippen LogP contribution in [0.2, 0.25) is 0 Å². The molecule has 1 aromatic carbocycles. The van der Waals surface area contributed by atoms with Gasteiger partial charge in [-0.3, -0.25) is 0 Å². The first-order valence-electron chi connectivity index (χ1n) is 5.66. The zero-order valence-corrected chi connectivity index (χ0v) is 9.24. The smallest absolute Gasteiger partial charge is 0.0900 e. The van der Waals surface area contributed by atoms with E-state index < -0.39 is 5.60 Å². The lowest BCUT2D eigenvalue weighted by molar-refractivity contribution is -0.00549. The van der Waals surface area contributed by atoms with Crippen LogP contribution in [0, 0.1) is 6.92 Å². The van der Waals surface area contributed by atoms with Crippen LogP contribution in [0.1, 0.15) is 36.8 Å². The lowest BCUT2D eigenvalue weighted by Gasteiger charge is -2.36. The third-order valence-corrected chi connectivity index (χ3v) is 3.50. The summed E-state index contributed by atoms with van der Waals surface area (Å²) < 4.78 is 0. The molecular weight excluding hydrogens is 186 g/mol. The second-order valence-corrected chi connectivity index (χ2v) is 4.68. The highest BCUT2D eigenvalue weighted by atomic mass is 16.3. The Morgan fingerprint density at radius 3 is 2.47 bits per heavy atom. The Hall–Kier alpha value is -0.860. The summed E-state index contributed by atoms with van der Waals surface area (Å²) in [6.07, 6.45) is 3.42. The van der Waals surface area contributed by atoms with Crippen LogP contribution in [0.25, 0.3) is 0 Å². The lowest BCUT2D eigenvalue weighted by atomic mass is 9.76. The molecule has 2 heteroatoms. The predicted molar refractivity (Wildman–Crippen MR) is 61.5 cm³/mol. The SMILES string of the molecule is Cc1ccccc1C1(O)CCC(N)CC1. The summed E-state index contributed by atoms with van der Waals surface area (Å²) in [5, 5.41) is 10.6. The monoisotopic (exact) mass is 205 g/mol. The van der Waals surface area contributed by atoms with Gasteiger partial charge in [0.1, 0.15) is 0 Å². The van der Waals surface area contributed by atoms with E-state index in [1.165, 1.54) is 5.56 Å². The van der Waals surface area contributed by atoms with E-state index in [1.807, 2.05) is 18.2 Å². The van der Waals surface area contributed by atoms with Crippen molar-refractivity contribution in [2.45, 2.75) is 44.2 Å². The highest BCUT2D eigenvalue weighted by molar-refractivity contribution is 5.31. The topological polar surface area (TPSA) is 46.2 Å². The number of hydrogen-bond donors (Lipinski definition) is 2. The van der Waals surface area contributed by atoms with Gasteiger partial charge in [0.15, 0.2) is 0 Å². The number of rotatable bonds is 1. The average molecular weight is 205 g/mol. The standard InChI is InChI=1S/C13H19NO/c1-10-4-2-3-5-12(10)13(15)8-6-11(14)7-9-13/h2-5,11,15H,6-9,14H2,1H3. The van der Waals surface area contributed by atoms with E-state index in [1.54, 1.807) is 0 Å². The second kappa shape index (κ2) is 3.95.